The molecule has 0 aromatic carbocycles. The molecule has 5 atom stereocenters. The van der Waals surface area contributed by atoms with Crippen LogP contribution in [0.5, 0.6) is 0 Å². The lowest BCUT2D eigenvalue weighted by atomic mass is 9.99. The highest BCUT2D eigenvalue weighted by Crippen LogP contribution is 2.11. The Morgan fingerprint density at radius 2 is 1.56 bits per heavy atom. The number of rotatable bonds is 7. The molecular weight excluding hydrogens is 252 g/mol. The monoisotopic (exact) mass is 268 g/mol. The summed E-state index contributed by atoms with van der Waals surface area (Å²) in [4.78, 5) is 21.3. The average Bonchev–Trinajstić information content (AvgIpc) is 2.31. The van der Waals surface area contributed by atoms with Crippen molar-refractivity contribution in [3.05, 3.63) is 0 Å². The van der Waals surface area contributed by atoms with Crippen LogP contribution in [0.25, 0.3) is 0 Å². The maximum Gasteiger partial charge on any atom is 0.347 e. The molecule has 9 nitrogen and oxygen atoms in total. The Hall–Kier alpha value is -1.26. The Morgan fingerprint density at radius 1 is 1.06 bits per heavy atom. The molecule has 0 aliphatic heterocycles. The van der Waals surface area contributed by atoms with E-state index in [1.807, 2.05) is 0 Å². The summed E-state index contributed by atoms with van der Waals surface area (Å²) in [5, 5.41) is 54.3. The Labute approximate surface area is 102 Å². The molecule has 0 aliphatic rings. The second kappa shape index (κ2) is 7.24. The van der Waals surface area contributed by atoms with Gasteiger partial charge in [0.25, 0.3) is 0 Å². The minimum atomic E-state index is -2.16. The maximum absolute atomic E-state index is 10.7. The number of aliphatic hydroxyl groups excluding tert-OH is 5. The van der Waals surface area contributed by atoms with Gasteiger partial charge in [-0.25, -0.2) is 4.79 Å². The zero-order valence-corrected chi connectivity index (χ0v) is 9.50. The summed E-state index contributed by atoms with van der Waals surface area (Å²) >= 11 is 0. The molecule has 106 valence electrons. The molecule has 0 aliphatic carbocycles. The predicted octanol–water partition coefficient (Wildman–Crippen LogP) is -3.56. The van der Waals surface area contributed by atoms with E-state index in [1.165, 1.54) is 0 Å². The molecule has 0 rings (SSSR count). The van der Waals surface area contributed by atoms with E-state index in [-0.39, 0.29) is 0 Å². The van der Waals surface area contributed by atoms with E-state index in [2.05, 4.69) is 4.74 Å². The summed E-state index contributed by atoms with van der Waals surface area (Å²) in [7, 11) is 0. The van der Waals surface area contributed by atoms with Crippen molar-refractivity contribution in [2.45, 2.75) is 37.4 Å². The van der Waals surface area contributed by atoms with Crippen LogP contribution in [0.15, 0.2) is 0 Å². The van der Waals surface area contributed by atoms with Crippen molar-refractivity contribution in [3.8, 4) is 0 Å². The topological polar surface area (TPSA) is 165 Å². The molecule has 0 aromatic heterocycles. The van der Waals surface area contributed by atoms with E-state index in [4.69, 9.17) is 15.3 Å². The number of esters is 1. The van der Waals surface area contributed by atoms with Crippen molar-refractivity contribution in [2.24, 2.45) is 0 Å². The summed E-state index contributed by atoms with van der Waals surface area (Å²) in [6.07, 6.45) is -10.2. The van der Waals surface area contributed by atoms with Gasteiger partial charge in [-0.3, -0.25) is 4.79 Å². The largest absolute Gasteiger partial charge is 0.478 e. The number of carbonyl (C=O) groups is 2. The molecule has 9 heteroatoms. The molecule has 0 radical (unpaired) electrons. The van der Waals surface area contributed by atoms with Crippen LogP contribution in [0, 0.1) is 0 Å². The lowest BCUT2D eigenvalue weighted by Crippen LogP contribution is -2.53. The van der Waals surface area contributed by atoms with Gasteiger partial charge in [0.05, 0.1) is 6.61 Å². The molecule has 0 saturated carbocycles. The van der Waals surface area contributed by atoms with E-state index < -0.39 is 49.1 Å². The normalized spacial score (nSPS) is 19.4. The van der Waals surface area contributed by atoms with Gasteiger partial charge in [-0.1, -0.05) is 0 Å². The molecular formula is C9H16O9. The first-order chi connectivity index (χ1) is 8.22. The van der Waals surface area contributed by atoms with Crippen molar-refractivity contribution in [1.29, 1.82) is 0 Å². The summed E-state index contributed by atoms with van der Waals surface area (Å²) in [5.74, 6) is -2.74. The van der Waals surface area contributed by atoms with Crippen molar-refractivity contribution >= 4 is 11.9 Å². The molecule has 0 spiro atoms. The standard InChI is InChI=1S/C9H16O9/c1-3(11)18-8(9(16)17)7(15)6(14)5(13)4(12)2-10/h4-8,10,12-15H,2H2,1H3,(H,16,17)/t4-,5+,6-,7-,8-/m1/s1. The maximum atomic E-state index is 10.7. The smallest absolute Gasteiger partial charge is 0.347 e. The highest BCUT2D eigenvalue weighted by Gasteiger charge is 2.40. The molecule has 0 bridgehead atoms. The molecule has 0 fully saturated rings. The van der Waals surface area contributed by atoms with E-state index in [1.54, 1.807) is 0 Å². The number of aliphatic carboxylic acids is 1. The molecule has 0 heterocycles. The van der Waals surface area contributed by atoms with Gasteiger partial charge >= 0.3 is 11.9 Å². The fraction of sp³-hybridized carbons (Fsp3) is 0.778. The van der Waals surface area contributed by atoms with Gasteiger partial charge in [-0.2, -0.15) is 0 Å². The number of ether oxygens (including phenoxy) is 1. The Balaban J connectivity index is 4.80. The van der Waals surface area contributed by atoms with Gasteiger partial charge in [0, 0.05) is 6.92 Å². The third-order valence-electron chi connectivity index (χ3n) is 2.13. The van der Waals surface area contributed by atoms with Gasteiger partial charge in [0.1, 0.15) is 24.4 Å². The Bertz CT molecular complexity index is 292. The molecule has 0 aromatic rings. The van der Waals surface area contributed by atoms with Crippen LogP contribution in [0.3, 0.4) is 0 Å². The Kier molecular flexibility index (Phi) is 6.73. The third-order valence-corrected chi connectivity index (χ3v) is 2.13. The van der Waals surface area contributed by atoms with E-state index in [0.717, 1.165) is 6.92 Å². The first-order valence-corrected chi connectivity index (χ1v) is 4.95. The zero-order valence-electron chi connectivity index (χ0n) is 9.50. The summed E-state index contributed by atoms with van der Waals surface area (Å²) in [6.45, 7) is -0.00963. The second-order valence-electron chi connectivity index (χ2n) is 3.59. The minimum Gasteiger partial charge on any atom is -0.478 e. The number of carbonyl (C=O) groups excluding carboxylic acids is 1. The van der Waals surface area contributed by atoms with Crippen molar-refractivity contribution in [3.63, 3.8) is 0 Å². The van der Waals surface area contributed by atoms with E-state index in [9.17, 15) is 24.9 Å². The van der Waals surface area contributed by atoms with Gasteiger partial charge in [0.2, 0.25) is 6.10 Å². The summed E-state index contributed by atoms with van der Waals surface area (Å²) in [5.41, 5.74) is 0. The van der Waals surface area contributed by atoms with Gasteiger partial charge in [-0.15, -0.1) is 0 Å². The fourth-order valence-corrected chi connectivity index (χ4v) is 1.16. The molecule has 18 heavy (non-hydrogen) atoms. The van der Waals surface area contributed by atoms with E-state index in [0.29, 0.717) is 0 Å². The first kappa shape index (κ1) is 16.7. The number of hydrogen-bond acceptors (Lipinski definition) is 8. The molecule has 0 amide bonds. The SMILES string of the molecule is CC(=O)O[C@@H](C(=O)O)[C@H](O)[C@H](O)[C@@H](O)[C@H](O)CO. The quantitative estimate of drug-likeness (QED) is 0.256. The Morgan fingerprint density at radius 3 is 1.89 bits per heavy atom. The van der Waals surface area contributed by atoms with Crippen molar-refractivity contribution in [2.75, 3.05) is 6.61 Å². The number of aliphatic hydroxyl groups is 5. The fourth-order valence-electron chi connectivity index (χ4n) is 1.16. The lowest BCUT2D eigenvalue weighted by molar-refractivity contribution is -0.184. The first-order valence-electron chi connectivity index (χ1n) is 4.95. The number of carboxylic acids is 1. The predicted molar refractivity (Wildman–Crippen MR) is 54.3 cm³/mol. The van der Waals surface area contributed by atoms with Crippen LogP contribution in [0.1, 0.15) is 6.92 Å². The summed E-state index contributed by atoms with van der Waals surface area (Å²) < 4.78 is 4.25. The average molecular weight is 268 g/mol. The van der Waals surface area contributed by atoms with Crippen molar-refractivity contribution < 1.29 is 45.0 Å². The van der Waals surface area contributed by atoms with Crippen molar-refractivity contribution in [1.82, 2.24) is 0 Å². The minimum absolute atomic E-state index is 0.897. The molecule has 0 unspecified atom stereocenters. The van der Waals surface area contributed by atoms with Crippen LogP contribution in [0.4, 0.5) is 0 Å². The van der Waals surface area contributed by atoms with Crippen LogP contribution in [0.2, 0.25) is 0 Å². The van der Waals surface area contributed by atoms with Gasteiger partial charge in [0.15, 0.2) is 0 Å². The lowest BCUT2D eigenvalue weighted by Gasteiger charge is -2.28. The third kappa shape index (κ3) is 4.55. The van der Waals surface area contributed by atoms with Crippen LogP contribution >= 0.6 is 0 Å². The number of hydrogen-bond donors (Lipinski definition) is 6. The molecule has 0 saturated heterocycles. The highest BCUT2D eigenvalue weighted by atomic mass is 16.6. The zero-order chi connectivity index (χ0) is 14.5. The van der Waals surface area contributed by atoms with Crippen LogP contribution < -0.4 is 0 Å². The number of carboxylic acid groups (broad SMARTS) is 1. The highest BCUT2D eigenvalue weighted by molar-refractivity contribution is 5.77. The second-order valence-corrected chi connectivity index (χ2v) is 3.59. The van der Waals surface area contributed by atoms with Crippen LogP contribution in [-0.2, 0) is 14.3 Å². The van der Waals surface area contributed by atoms with Gasteiger partial charge < -0.3 is 35.4 Å². The molecule has 6 N–H and O–H groups in total. The van der Waals surface area contributed by atoms with E-state index >= 15 is 0 Å². The summed E-state index contributed by atoms with van der Waals surface area (Å²) in [6, 6.07) is 0. The van der Waals surface area contributed by atoms with Gasteiger partial charge in [-0.05, 0) is 0 Å². The van der Waals surface area contributed by atoms with Crippen LogP contribution in [-0.4, -0.2) is 79.7 Å².